The molecule has 5 rings (SSSR count). The van der Waals surface area contributed by atoms with E-state index in [0.29, 0.717) is 11.9 Å². The highest BCUT2D eigenvalue weighted by Gasteiger charge is 2.33. The van der Waals surface area contributed by atoms with E-state index in [1.54, 1.807) is 0 Å². The van der Waals surface area contributed by atoms with Gasteiger partial charge in [-0.1, -0.05) is 42.5 Å². The molecule has 3 heterocycles. The molecule has 2 N–H and O–H groups in total. The highest BCUT2D eigenvalue weighted by Crippen LogP contribution is 2.29. The predicted octanol–water partition coefficient (Wildman–Crippen LogP) is 2.72. The molecule has 1 aliphatic rings. The minimum atomic E-state index is -0.0560. The van der Waals surface area contributed by atoms with E-state index in [1.165, 1.54) is 20.9 Å². The summed E-state index contributed by atoms with van der Waals surface area (Å²) in [6, 6.07) is 20.7. The number of rotatable bonds is 3. The first-order valence-corrected chi connectivity index (χ1v) is 10.1. The molecule has 0 saturated heterocycles. The van der Waals surface area contributed by atoms with Gasteiger partial charge >= 0.3 is 0 Å². The maximum absolute atomic E-state index is 12.4. The molecule has 1 unspecified atom stereocenters. The van der Waals surface area contributed by atoms with Gasteiger partial charge < -0.3 is 9.88 Å². The Morgan fingerprint density at radius 1 is 1.07 bits per heavy atom. The molecule has 1 aliphatic heterocycles. The van der Waals surface area contributed by atoms with Gasteiger partial charge in [-0.3, -0.25) is 4.79 Å². The van der Waals surface area contributed by atoms with Crippen LogP contribution in [-0.2, 0) is 13.0 Å². The van der Waals surface area contributed by atoms with Crippen LogP contribution < -0.4 is 10.5 Å². The van der Waals surface area contributed by atoms with Crippen LogP contribution in [0.4, 0.5) is 0 Å². The number of fused-ring (bicyclic) bond motifs is 2. The molecule has 2 atom stereocenters. The number of aromatic amines is 1. The van der Waals surface area contributed by atoms with E-state index in [4.69, 9.17) is 4.98 Å². The van der Waals surface area contributed by atoms with Crippen LogP contribution in [0.1, 0.15) is 27.9 Å². The zero-order chi connectivity index (χ0) is 18.2. The molecule has 134 valence electrons. The third kappa shape index (κ3) is 2.99. The standard InChI is InChI=1S/C22H19N3OS/c26-22-16-8-4-5-9-18(16)23-20(24-22)14-25-12-10-19-17(11-13-27-19)21(25)15-6-2-1-3-7-15/h1-9,11,13,21H,10,12,14H2,(H,23,24,26)/p+1/t21-/m0/s1. The van der Waals surface area contributed by atoms with Crippen molar-refractivity contribution in [1.82, 2.24) is 9.97 Å². The van der Waals surface area contributed by atoms with Gasteiger partial charge in [-0.15, -0.1) is 11.3 Å². The first-order valence-electron chi connectivity index (χ1n) is 9.23. The topological polar surface area (TPSA) is 50.2 Å². The Kier molecular flexibility index (Phi) is 4.11. The number of quaternary nitrogens is 1. The summed E-state index contributed by atoms with van der Waals surface area (Å²) in [5.41, 5.74) is 3.44. The van der Waals surface area contributed by atoms with Gasteiger partial charge in [0.1, 0.15) is 12.6 Å². The van der Waals surface area contributed by atoms with Crippen LogP contribution in [0, 0.1) is 0 Å². The number of aromatic nitrogens is 2. The third-order valence-corrected chi connectivity index (χ3v) is 6.36. The van der Waals surface area contributed by atoms with Crippen LogP contribution in [0.15, 0.2) is 70.8 Å². The molecule has 0 amide bonds. The SMILES string of the molecule is O=c1[nH]c(C[NH+]2CCc3sccc3[C@@H]2c2ccccc2)nc2ccccc12. The summed E-state index contributed by atoms with van der Waals surface area (Å²) in [7, 11) is 0. The highest BCUT2D eigenvalue weighted by molar-refractivity contribution is 7.10. The number of thiophene rings is 1. The van der Waals surface area contributed by atoms with Gasteiger partial charge in [0.2, 0.25) is 0 Å². The summed E-state index contributed by atoms with van der Waals surface area (Å²) in [6.07, 6.45) is 1.07. The maximum atomic E-state index is 12.4. The molecule has 0 saturated carbocycles. The van der Waals surface area contributed by atoms with Gasteiger partial charge in [0.25, 0.3) is 5.56 Å². The molecule has 0 aliphatic carbocycles. The number of para-hydroxylation sites is 1. The number of hydrogen-bond acceptors (Lipinski definition) is 3. The van der Waals surface area contributed by atoms with E-state index in [9.17, 15) is 4.79 Å². The van der Waals surface area contributed by atoms with E-state index in [-0.39, 0.29) is 11.6 Å². The van der Waals surface area contributed by atoms with Gasteiger partial charge in [0.05, 0.1) is 17.4 Å². The molecule has 5 heteroatoms. The molecule has 0 spiro atoms. The van der Waals surface area contributed by atoms with Crippen LogP contribution >= 0.6 is 11.3 Å². The number of H-pyrrole nitrogens is 1. The van der Waals surface area contributed by atoms with Gasteiger partial charge in [-0.2, -0.15) is 0 Å². The van der Waals surface area contributed by atoms with E-state index in [2.05, 4.69) is 46.8 Å². The van der Waals surface area contributed by atoms with Crippen molar-refractivity contribution in [2.24, 2.45) is 0 Å². The predicted molar refractivity (Wildman–Crippen MR) is 108 cm³/mol. The summed E-state index contributed by atoms with van der Waals surface area (Å²) in [5.74, 6) is 0.758. The highest BCUT2D eigenvalue weighted by atomic mass is 32.1. The minimum Gasteiger partial charge on any atom is -0.318 e. The van der Waals surface area contributed by atoms with E-state index < -0.39 is 0 Å². The van der Waals surface area contributed by atoms with Gasteiger partial charge in [-0.25, -0.2) is 4.98 Å². The number of hydrogen-bond donors (Lipinski definition) is 2. The Hall–Kier alpha value is -2.76. The first kappa shape index (κ1) is 16.4. The van der Waals surface area contributed by atoms with Crippen LogP contribution in [0.3, 0.4) is 0 Å². The van der Waals surface area contributed by atoms with Gasteiger partial charge in [0, 0.05) is 22.4 Å². The molecule has 4 nitrogen and oxygen atoms in total. The molecular formula is C22H20N3OS+. The first-order chi connectivity index (χ1) is 13.3. The fraction of sp³-hybridized carbons (Fsp3) is 0.182. The van der Waals surface area contributed by atoms with Crippen molar-refractivity contribution >= 4 is 22.2 Å². The van der Waals surface area contributed by atoms with Gasteiger partial charge in [-0.05, 0) is 23.6 Å². The summed E-state index contributed by atoms with van der Waals surface area (Å²) >= 11 is 1.85. The number of benzene rings is 2. The van der Waals surface area contributed by atoms with Crippen molar-refractivity contribution in [3.63, 3.8) is 0 Å². The number of nitrogens with zero attached hydrogens (tertiary/aromatic N) is 1. The van der Waals surface area contributed by atoms with Crippen LogP contribution in [0.25, 0.3) is 10.9 Å². The Morgan fingerprint density at radius 3 is 2.78 bits per heavy atom. The molecule has 2 aromatic carbocycles. The summed E-state index contributed by atoms with van der Waals surface area (Å²) < 4.78 is 0. The fourth-order valence-electron chi connectivity index (χ4n) is 4.13. The molecule has 0 bridgehead atoms. The maximum Gasteiger partial charge on any atom is 0.258 e. The molecule has 0 radical (unpaired) electrons. The van der Waals surface area contributed by atoms with Crippen molar-refractivity contribution < 1.29 is 4.90 Å². The van der Waals surface area contributed by atoms with Crippen molar-refractivity contribution in [1.29, 1.82) is 0 Å². The van der Waals surface area contributed by atoms with Crippen LogP contribution in [0.5, 0.6) is 0 Å². The largest absolute Gasteiger partial charge is 0.318 e. The zero-order valence-corrected chi connectivity index (χ0v) is 15.6. The molecule has 2 aromatic heterocycles. The Bertz CT molecular complexity index is 1150. The monoisotopic (exact) mass is 374 g/mol. The Labute approximate surface area is 161 Å². The zero-order valence-electron chi connectivity index (χ0n) is 14.8. The molecular weight excluding hydrogens is 354 g/mol. The summed E-state index contributed by atoms with van der Waals surface area (Å²) in [6.45, 7) is 1.73. The van der Waals surface area contributed by atoms with Crippen LogP contribution in [-0.4, -0.2) is 16.5 Å². The minimum absolute atomic E-state index is 0.0560. The van der Waals surface area contributed by atoms with E-state index >= 15 is 0 Å². The lowest BCUT2D eigenvalue weighted by atomic mass is 9.93. The summed E-state index contributed by atoms with van der Waals surface area (Å²) in [4.78, 5) is 23.1. The second kappa shape index (κ2) is 6.76. The number of nitrogens with one attached hydrogen (secondary N) is 2. The van der Waals surface area contributed by atoms with Crippen LogP contribution in [0.2, 0.25) is 0 Å². The lowest BCUT2D eigenvalue weighted by Crippen LogP contribution is -3.12. The van der Waals surface area contributed by atoms with Crippen molar-refractivity contribution in [2.75, 3.05) is 6.54 Å². The van der Waals surface area contributed by atoms with Crippen molar-refractivity contribution in [3.05, 3.63) is 98.2 Å². The smallest absolute Gasteiger partial charge is 0.258 e. The van der Waals surface area contributed by atoms with E-state index in [1.807, 2.05) is 35.6 Å². The molecule has 0 fully saturated rings. The van der Waals surface area contributed by atoms with Crippen molar-refractivity contribution in [2.45, 2.75) is 19.0 Å². The van der Waals surface area contributed by atoms with Gasteiger partial charge in [0.15, 0.2) is 5.82 Å². The lowest BCUT2D eigenvalue weighted by Gasteiger charge is -2.32. The molecule has 4 aromatic rings. The van der Waals surface area contributed by atoms with E-state index in [0.717, 1.165) is 24.3 Å². The third-order valence-electron chi connectivity index (χ3n) is 5.36. The Balaban J connectivity index is 1.55. The quantitative estimate of drug-likeness (QED) is 0.579. The average Bonchev–Trinajstić information content (AvgIpc) is 3.17. The lowest BCUT2D eigenvalue weighted by molar-refractivity contribution is -0.941. The average molecular weight is 374 g/mol. The Morgan fingerprint density at radius 2 is 1.89 bits per heavy atom. The second-order valence-electron chi connectivity index (χ2n) is 7.01. The summed E-state index contributed by atoms with van der Waals surface area (Å²) in [5, 5.41) is 2.84. The normalized spacial score (nSPS) is 19.1. The fourth-order valence-corrected chi connectivity index (χ4v) is 5.05. The second-order valence-corrected chi connectivity index (χ2v) is 8.01. The molecule has 27 heavy (non-hydrogen) atoms. The van der Waals surface area contributed by atoms with Crippen molar-refractivity contribution in [3.8, 4) is 0 Å².